The molecular weight excluding hydrogens is 503 g/mol. The normalized spacial score (nSPS) is 29.9. The van der Waals surface area contributed by atoms with E-state index in [-0.39, 0.29) is 24.7 Å². The van der Waals surface area contributed by atoms with Gasteiger partial charge in [0, 0.05) is 53.9 Å². The van der Waals surface area contributed by atoms with Crippen molar-refractivity contribution in [3.8, 4) is 5.69 Å². The molecule has 11 heteroatoms. The maximum atomic E-state index is 13.6. The molecular formula is C26H25ClF3N7. The number of nitrogens with zero attached hydrogens (tertiary/aromatic N) is 7. The maximum absolute atomic E-state index is 13.6. The Morgan fingerprint density at radius 3 is 2.41 bits per heavy atom. The molecule has 1 saturated heterocycles. The first-order valence-electron chi connectivity index (χ1n) is 12.8. The summed E-state index contributed by atoms with van der Waals surface area (Å²) in [6.45, 7) is 2.94. The molecule has 0 radical (unpaired) electrons. The van der Waals surface area contributed by atoms with Crippen molar-refractivity contribution in [3.63, 3.8) is 0 Å². The molecule has 0 unspecified atom stereocenters. The Labute approximate surface area is 216 Å². The smallest absolute Gasteiger partial charge is 0.340 e. The summed E-state index contributed by atoms with van der Waals surface area (Å²) in [5, 5.41) is 9.86. The minimum atomic E-state index is -4.13. The Morgan fingerprint density at radius 1 is 0.973 bits per heavy atom. The van der Waals surface area contributed by atoms with E-state index in [0.717, 1.165) is 54.8 Å². The van der Waals surface area contributed by atoms with E-state index in [1.54, 1.807) is 12.4 Å². The molecule has 2 aliphatic heterocycles. The Hall–Kier alpha value is -2.72. The highest BCUT2D eigenvalue weighted by atomic mass is 35.5. The van der Waals surface area contributed by atoms with Gasteiger partial charge in [0.15, 0.2) is 5.82 Å². The van der Waals surface area contributed by atoms with Crippen molar-refractivity contribution in [2.24, 2.45) is 10.8 Å². The van der Waals surface area contributed by atoms with E-state index in [2.05, 4.69) is 34.5 Å². The molecule has 7 nitrogen and oxygen atoms in total. The SMILES string of the molecule is FC(F)(F)C12CC(N3Cc4cc(Cl)ccc4-n4c(nnc4C4CC5(C4)CN(c4ncccn4)C5)C3)(C1)C2. The monoisotopic (exact) mass is 527 g/mol. The predicted molar refractivity (Wildman–Crippen MR) is 129 cm³/mol. The summed E-state index contributed by atoms with van der Waals surface area (Å²) >= 11 is 6.38. The summed E-state index contributed by atoms with van der Waals surface area (Å²) in [6.07, 6.45) is 1.99. The van der Waals surface area contributed by atoms with Gasteiger partial charge in [-0.2, -0.15) is 13.2 Å². The van der Waals surface area contributed by atoms with Crippen LogP contribution in [-0.2, 0) is 13.1 Å². The van der Waals surface area contributed by atoms with Crippen molar-refractivity contribution in [1.29, 1.82) is 0 Å². The fourth-order valence-electron chi connectivity index (χ4n) is 7.78. The number of aromatic nitrogens is 5. The number of anilines is 1. The summed E-state index contributed by atoms with van der Waals surface area (Å²) in [6, 6.07) is 7.64. The van der Waals surface area contributed by atoms with Gasteiger partial charge in [-0.15, -0.1) is 10.2 Å². The fourth-order valence-corrected chi connectivity index (χ4v) is 7.98. The van der Waals surface area contributed by atoms with Gasteiger partial charge in [0.25, 0.3) is 0 Å². The number of benzene rings is 1. The van der Waals surface area contributed by atoms with Crippen LogP contribution in [0, 0.1) is 10.8 Å². The lowest BCUT2D eigenvalue weighted by molar-refractivity contribution is -0.364. The number of hydrogen-bond acceptors (Lipinski definition) is 6. The van der Waals surface area contributed by atoms with E-state index in [9.17, 15) is 13.2 Å². The van der Waals surface area contributed by atoms with Crippen LogP contribution in [0.2, 0.25) is 5.02 Å². The Bertz CT molecular complexity index is 1390. The van der Waals surface area contributed by atoms with Crippen molar-refractivity contribution >= 4 is 17.5 Å². The van der Waals surface area contributed by atoms with E-state index in [0.29, 0.717) is 24.0 Å². The average Bonchev–Trinajstić information content (AvgIpc) is 3.05. The van der Waals surface area contributed by atoms with Crippen LogP contribution in [-0.4, -0.2) is 54.4 Å². The molecule has 0 N–H and O–H groups in total. The molecule has 5 fully saturated rings. The second-order valence-electron chi connectivity index (χ2n) is 12.0. The molecule has 37 heavy (non-hydrogen) atoms. The lowest BCUT2D eigenvalue weighted by atomic mass is 9.38. The molecule has 6 aliphatic rings. The van der Waals surface area contributed by atoms with Gasteiger partial charge in [0.1, 0.15) is 5.82 Å². The largest absolute Gasteiger partial charge is 0.394 e. The predicted octanol–water partition coefficient (Wildman–Crippen LogP) is 4.90. The molecule has 4 aliphatic carbocycles. The van der Waals surface area contributed by atoms with E-state index < -0.39 is 17.1 Å². The van der Waals surface area contributed by atoms with Crippen LogP contribution in [0.15, 0.2) is 36.7 Å². The first kappa shape index (κ1) is 22.3. The second kappa shape index (κ2) is 7.02. The molecule has 2 aromatic heterocycles. The number of alkyl halides is 3. The number of hydrogen-bond donors (Lipinski definition) is 0. The van der Waals surface area contributed by atoms with Gasteiger partial charge in [0.05, 0.1) is 17.6 Å². The first-order valence-corrected chi connectivity index (χ1v) is 13.1. The maximum Gasteiger partial charge on any atom is 0.394 e. The molecule has 9 rings (SSSR count). The summed E-state index contributed by atoms with van der Waals surface area (Å²) < 4.78 is 42.8. The highest BCUT2D eigenvalue weighted by molar-refractivity contribution is 6.30. The van der Waals surface area contributed by atoms with E-state index in [1.165, 1.54) is 0 Å². The second-order valence-corrected chi connectivity index (χ2v) is 12.4. The fraction of sp³-hybridized carbons (Fsp3) is 0.538. The van der Waals surface area contributed by atoms with Crippen molar-refractivity contribution in [1.82, 2.24) is 29.6 Å². The van der Waals surface area contributed by atoms with Crippen LogP contribution in [0.4, 0.5) is 19.1 Å². The zero-order valence-corrected chi connectivity index (χ0v) is 20.8. The van der Waals surface area contributed by atoms with Crippen LogP contribution < -0.4 is 4.90 Å². The lowest BCUT2D eigenvalue weighted by Crippen LogP contribution is -2.78. The molecule has 4 saturated carbocycles. The van der Waals surface area contributed by atoms with Crippen LogP contribution in [0.1, 0.15) is 55.2 Å². The molecule has 3 aromatic rings. The van der Waals surface area contributed by atoms with Gasteiger partial charge in [-0.25, -0.2) is 9.97 Å². The minimum Gasteiger partial charge on any atom is -0.340 e. The average molecular weight is 528 g/mol. The minimum absolute atomic E-state index is 0.174. The van der Waals surface area contributed by atoms with E-state index >= 15 is 0 Å². The van der Waals surface area contributed by atoms with Crippen molar-refractivity contribution in [2.45, 2.75) is 62.8 Å². The van der Waals surface area contributed by atoms with Crippen LogP contribution in [0.5, 0.6) is 0 Å². The zero-order valence-electron chi connectivity index (χ0n) is 20.0. The van der Waals surface area contributed by atoms with Gasteiger partial charge >= 0.3 is 6.18 Å². The number of halogens is 4. The molecule has 0 amide bonds. The molecule has 0 atom stereocenters. The standard InChI is InChI=1S/C26H25ClF3N7/c27-18-2-3-19-16(6-18)9-36(25-11-24(12-25,13-25)26(28,29)30)10-20-33-34-21(37(19)20)17-7-23(8-17)14-35(15-23)22-31-4-1-5-32-22/h1-6,17H,7-15H2. The third-order valence-corrected chi connectivity index (χ3v) is 9.85. The summed E-state index contributed by atoms with van der Waals surface area (Å²) in [7, 11) is 0. The first-order chi connectivity index (χ1) is 17.7. The highest BCUT2D eigenvalue weighted by Crippen LogP contribution is 2.75. The molecule has 192 valence electrons. The zero-order chi connectivity index (χ0) is 25.2. The molecule has 1 spiro atoms. The summed E-state index contributed by atoms with van der Waals surface area (Å²) in [4.78, 5) is 13.1. The topological polar surface area (TPSA) is 63.0 Å². The summed E-state index contributed by atoms with van der Waals surface area (Å²) in [5.41, 5.74) is 0.368. The molecule has 2 bridgehead atoms. The van der Waals surface area contributed by atoms with E-state index in [1.807, 2.05) is 24.3 Å². The number of fused-ring (bicyclic) bond motifs is 3. The van der Waals surface area contributed by atoms with Gasteiger partial charge in [0.2, 0.25) is 5.95 Å². The lowest BCUT2D eigenvalue weighted by Gasteiger charge is -2.73. The quantitative estimate of drug-likeness (QED) is 0.483. The van der Waals surface area contributed by atoms with Crippen molar-refractivity contribution in [3.05, 3.63) is 58.9 Å². The Balaban J connectivity index is 1.06. The van der Waals surface area contributed by atoms with Gasteiger partial charge in [-0.05, 0) is 61.9 Å². The van der Waals surface area contributed by atoms with Gasteiger partial charge < -0.3 is 4.90 Å². The molecule has 4 heterocycles. The Kier molecular flexibility index (Phi) is 4.23. The number of rotatable bonds is 3. The van der Waals surface area contributed by atoms with Crippen LogP contribution in [0.3, 0.4) is 0 Å². The van der Waals surface area contributed by atoms with Crippen molar-refractivity contribution < 1.29 is 13.2 Å². The van der Waals surface area contributed by atoms with Crippen molar-refractivity contribution in [2.75, 3.05) is 18.0 Å². The Morgan fingerprint density at radius 2 is 1.70 bits per heavy atom. The third-order valence-electron chi connectivity index (χ3n) is 9.62. The van der Waals surface area contributed by atoms with Crippen LogP contribution >= 0.6 is 11.6 Å². The molecule has 1 aromatic carbocycles. The van der Waals surface area contributed by atoms with Gasteiger partial charge in [-0.3, -0.25) is 9.47 Å². The summed E-state index contributed by atoms with van der Waals surface area (Å²) in [5.74, 6) is 2.82. The third kappa shape index (κ3) is 2.99. The van der Waals surface area contributed by atoms with E-state index in [4.69, 9.17) is 11.6 Å². The highest BCUT2D eigenvalue weighted by Gasteiger charge is 2.80. The van der Waals surface area contributed by atoms with Crippen LogP contribution in [0.25, 0.3) is 5.69 Å². The van der Waals surface area contributed by atoms with Gasteiger partial charge in [-0.1, -0.05) is 11.6 Å².